The molecule has 0 aromatic heterocycles. The molecule has 1 aliphatic carbocycles. The van der Waals surface area contributed by atoms with Crippen LogP contribution >= 0.6 is 0 Å². The van der Waals surface area contributed by atoms with E-state index < -0.39 is 0 Å². The zero-order chi connectivity index (χ0) is 9.36. The number of hydrogen-bond donors (Lipinski definition) is 1. The van der Waals surface area contributed by atoms with Gasteiger partial charge in [0.15, 0.2) is 0 Å². The Morgan fingerprint density at radius 2 is 2.08 bits per heavy atom. The molecule has 0 saturated heterocycles. The summed E-state index contributed by atoms with van der Waals surface area (Å²) >= 11 is 0. The molecule has 78 valence electrons. The van der Waals surface area contributed by atoms with Gasteiger partial charge in [-0.25, -0.2) is 0 Å². The first-order valence-electron chi connectivity index (χ1n) is 5.76. The summed E-state index contributed by atoms with van der Waals surface area (Å²) in [7, 11) is 0. The van der Waals surface area contributed by atoms with Gasteiger partial charge in [0.2, 0.25) is 0 Å². The molecule has 1 saturated carbocycles. The van der Waals surface area contributed by atoms with Crippen molar-refractivity contribution in [3.8, 4) is 0 Å². The average molecular weight is 185 g/mol. The van der Waals surface area contributed by atoms with E-state index in [0.29, 0.717) is 6.10 Å². The molecule has 0 spiro atoms. The molecule has 0 aromatic rings. The summed E-state index contributed by atoms with van der Waals surface area (Å²) in [5, 5.41) is 3.40. The van der Waals surface area contributed by atoms with Crippen LogP contribution in [0.4, 0.5) is 0 Å². The lowest BCUT2D eigenvalue weighted by molar-refractivity contribution is 0.000841. The van der Waals surface area contributed by atoms with Gasteiger partial charge >= 0.3 is 0 Å². The van der Waals surface area contributed by atoms with Crippen LogP contribution in [0, 0.1) is 0 Å². The Balaban J connectivity index is 1.68. The smallest absolute Gasteiger partial charge is 0.0575 e. The number of unbranched alkanes of at least 4 members (excludes halogenated alkanes) is 1. The van der Waals surface area contributed by atoms with Crippen molar-refractivity contribution < 1.29 is 4.74 Å². The molecule has 0 amide bonds. The molecule has 0 bridgehead atoms. The van der Waals surface area contributed by atoms with E-state index in [9.17, 15) is 0 Å². The quantitative estimate of drug-likeness (QED) is 0.586. The van der Waals surface area contributed by atoms with Crippen molar-refractivity contribution in [2.75, 3.05) is 19.7 Å². The van der Waals surface area contributed by atoms with Gasteiger partial charge in [-0.3, -0.25) is 0 Å². The van der Waals surface area contributed by atoms with Crippen LogP contribution < -0.4 is 5.32 Å². The highest BCUT2D eigenvalue weighted by Crippen LogP contribution is 2.21. The number of rotatable bonds is 8. The zero-order valence-electron chi connectivity index (χ0n) is 8.85. The molecular weight excluding hydrogens is 162 g/mol. The largest absolute Gasteiger partial charge is 0.378 e. The van der Waals surface area contributed by atoms with E-state index in [-0.39, 0.29) is 0 Å². The highest BCUT2D eigenvalue weighted by atomic mass is 16.5. The van der Waals surface area contributed by atoms with Crippen LogP contribution in [0.5, 0.6) is 0 Å². The summed E-state index contributed by atoms with van der Waals surface area (Å²) in [4.78, 5) is 0. The molecule has 2 heteroatoms. The first kappa shape index (κ1) is 11.0. The second-order valence-electron chi connectivity index (χ2n) is 3.88. The van der Waals surface area contributed by atoms with Crippen LogP contribution in [-0.4, -0.2) is 25.8 Å². The first-order chi connectivity index (χ1) is 6.43. The van der Waals surface area contributed by atoms with E-state index in [1.165, 1.54) is 38.5 Å². The predicted octanol–water partition coefficient (Wildman–Crippen LogP) is 2.34. The Hall–Kier alpha value is -0.0800. The van der Waals surface area contributed by atoms with Crippen LogP contribution in [0.15, 0.2) is 0 Å². The number of nitrogens with one attached hydrogen (secondary N) is 1. The van der Waals surface area contributed by atoms with Gasteiger partial charge in [0.25, 0.3) is 0 Å². The number of hydrogen-bond acceptors (Lipinski definition) is 2. The standard InChI is InChI=1S/C11H23NO/c1-2-8-12-9-3-4-10-13-11-6-5-7-11/h11-12H,2-10H2,1H3. The maximum Gasteiger partial charge on any atom is 0.0575 e. The van der Waals surface area contributed by atoms with E-state index >= 15 is 0 Å². The Morgan fingerprint density at radius 3 is 2.69 bits per heavy atom. The third-order valence-corrected chi connectivity index (χ3v) is 2.58. The fourth-order valence-electron chi connectivity index (χ4n) is 1.44. The van der Waals surface area contributed by atoms with Crippen molar-refractivity contribution >= 4 is 0 Å². The summed E-state index contributed by atoms with van der Waals surface area (Å²) in [6, 6.07) is 0. The topological polar surface area (TPSA) is 21.3 Å². The molecule has 1 aliphatic rings. The summed E-state index contributed by atoms with van der Waals surface area (Å²) in [5.41, 5.74) is 0. The van der Waals surface area contributed by atoms with Crippen LogP contribution in [0.25, 0.3) is 0 Å². The monoisotopic (exact) mass is 185 g/mol. The van der Waals surface area contributed by atoms with Crippen molar-refractivity contribution in [3.05, 3.63) is 0 Å². The molecule has 0 unspecified atom stereocenters. The average Bonchev–Trinajstić information content (AvgIpc) is 2.07. The highest BCUT2D eigenvalue weighted by Gasteiger charge is 2.16. The Kier molecular flexibility index (Phi) is 6.21. The van der Waals surface area contributed by atoms with Crippen LogP contribution in [0.2, 0.25) is 0 Å². The summed E-state index contributed by atoms with van der Waals surface area (Å²) in [5.74, 6) is 0. The van der Waals surface area contributed by atoms with Crippen LogP contribution in [0.3, 0.4) is 0 Å². The minimum Gasteiger partial charge on any atom is -0.378 e. The fraction of sp³-hybridized carbons (Fsp3) is 1.00. The molecule has 0 aromatic carbocycles. The van der Waals surface area contributed by atoms with Crippen molar-refractivity contribution in [1.82, 2.24) is 5.32 Å². The fourth-order valence-corrected chi connectivity index (χ4v) is 1.44. The molecule has 1 N–H and O–H groups in total. The predicted molar refractivity (Wildman–Crippen MR) is 56.0 cm³/mol. The van der Waals surface area contributed by atoms with Crippen molar-refractivity contribution in [2.45, 2.75) is 51.6 Å². The van der Waals surface area contributed by atoms with Crippen LogP contribution in [0.1, 0.15) is 45.4 Å². The molecule has 0 aliphatic heterocycles. The lowest BCUT2D eigenvalue weighted by atomic mass is 9.96. The van der Waals surface area contributed by atoms with E-state index in [4.69, 9.17) is 4.74 Å². The van der Waals surface area contributed by atoms with Crippen molar-refractivity contribution in [2.24, 2.45) is 0 Å². The summed E-state index contributed by atoms with van der Waals surface area (Å²) < 4.78 is 5.66. The Morgan fingerprint density at radius 1 is 1.23 bits per heavy atom. The third-order valence-electron chi connectivity index (χ3n) is 2.58. The van der Waals surface area contributed by atoms with Gasteiger partial charge in [0.05, 0.1) is 6.10 Å². The summed E-state index contributed by atoms with van der Waals surface area (Å²) in [6.07, 6.45) is 8.30. The maximum absolute atomic E-state index is 5.66. The molecule has 2 nitrogen and oxygen atoms in total. The Labute approximate surface area is 82.0 Å². The first-order valence-corrected chi connectivity index (χ1v) is 5.76. The van der Waals surface area contributed by atoms with Gasteiger partial charge in [0.1, 0.15) is 0 Å². The van der Waals surface area contributed by atoms with E-state index in [1.807, 2.05) is 0 Å². The second kappa shape index (κ2) is 7.34. The van der Waals surface area contributed by atoms with Gasteiger partial charge in [-0.15, -0.1) is 0 Å². The normalized spacial score (nSPS) is 17.3. The second-order valence-corrected chi connectivity index (χ2v) is 3.88. The van der Waals surface area contributed by atoms with E-state index in [1.54, 1.807) is 0 Å². The third kappa shape index (κ3) is 5.27. The van der Waals surface area contributed by atoms with E-state index in [0.717, 1.165) is 19.7 Å². The Bertz CT molecular complexity index is 113. The van der Waals surface area contributed by atoms with Crippen molar-refractivity contribution in [1.29, 1.82) is 0 Å². The molecule has 0 heterocycles. The van der Waals surface area contributed by atoms with Gasteiger partial charge in [-0.1, -0.05) is 6.92 Å². The molecule has 0 atom stereocenters. The zero-order valence-corrected chi connectivity index (χ0v) is 8.85. The lowest BCUT2D eigenvalue weighted by Crippen LogP contribution is -2.22. The molecule has 13 heavy (non-hydrogen) atoms. The van der Waals surface area contributed by atoms with E-state index in [2.05, 4.69) is 12.2 Å². The maximum atomic E-state index is 5.66. The van der Waals surface area contributed by atoms with Gasteiger partial charge in [-0.2, -0.15) is 0 Å². The van der Waals surface area contributed by atoms with Gasteiger partial charge < -0.3 is 10.1 Å². The SMILES string of the molecule is CCCNCCCCOC1CCC1. The minimum atomic E-state index is 0.614. The molecule has 1 fully saturated rings. The lowest BCUT2D eigenvalue weighted by Gasteiger charge is -2.25. The molecular formula is C11H23NO. The van der Waals surface area contributed by atoms with Crippen LogP contribution in [-0.2, 0) is 4.74 Å². The summed E-state index contributed by atoms with van der Waals surface area (Å²) in [6.45, 7) is 5.48. The van der Waals surface area contributed by atoms with Gasteiger partial charge in [0, 0.05) is 6.61 Å². The van der Waals surface area contributed by atoms with Gasteiger partial charge in [-0.05, 0) is 51.6 Å². The molecule has 0 radical (unpaired) electrons. The highest BCUT2D eigenvalue weighted by molar-refractivity contribution is 4.68. The van der Waals surface area contributed by atoms with Crippen molar-refractivity contribution in [3.63, 3.8) is 0 Å². The molecule has 1 rings (SSSR count). The minimum absolute atomic E-state index is 0.614. The number of ether oxygens (including phenoxy) is 1.